The van der Waals surface area contributed by atoms with Crippen LogP contribution in [0.3, 0.4) is 0 Å². The highest BCUT2D eigenvalue weighted by molar-refractivity contribution is 7.10. The smallest absolute Gasteiger partial charge is 0.290 e. The maximum absolute atomic E-state index is 13.5. The van der Waals surface area contributed by atoms with Gasteiger partial charge in [0.05, 0.1) is 12.3 Å². The Morgan fingerprint density at radius 2 is 1.97 bits per heavy atom. The molecule has 1 aromatic carbocycles. The lowest BCUT2D eigenvalue weighted by atomic mass is 9.90. The van der Waals surface area contributed by atoms with Gasteiger partial charge in [-0.1, -0.05) is 24.3 Å². The number of carbonyl (C=O) groups excluding carboxylic acids is 2. The molecule has 1 atom stereocenters. The monoisotopic (exact) mass is 420 g/mol. The molecule has 30 heavy (non-hydrogen) atoms. The van der Waals surface area contributed by atoms with Crippen molar-refractivity contribution in [3.05, 3.63) is 81.4 Å². The van der Waals surface area contributed by atoms with E-state index in [9.17, 15) is 9.59 Å². The molecule has 2 amide bonds. The van der Waals surface area contributed by atoms with Gasteiger partial charge in [-0.05, 0) is 66.5 Å². The standard InChI is InChI=1S/C24H24N2O3S/c1-16-5-2-3-6-18(16)23-19-11-14-30-21(19)10-12-25(23)22(27)15-26(17-8-9-17)24(28)20-7-4-13-29-20/h2-7,11,13-14,17,23H,8-10,12,15H2,1H3/t23-/m0/s1. The number of aryl methyl sites for hydroxylation is 1. The summed E-state index contributed by atoms with van der Waals surface area (Å²) in [7, 11) is 0. The van der Waals surface area contributed by atoms with Crippen molar-refractivity contribution >= 4 is 23.2 Å². The van der Waals surface area contributed by atoms with Crippen LogP contribution < -0.4 is 0 Å². The van der Waals surface area contributed by atoms with Crippen LogP contribution in [0.4, 0.5) is 0 Å². The minimum absolute atomic E-state index is 0.00749. The fourth-order valence-electron chi connectivity index (χ4n) is 4.35. The van der Waals surface area contributed by atoms with Gasteiger partial charge in [0.1, 0.15) is 6.54 Å². The van der Waals surface area contributed by atoms with E-state index in [1.165, 1.54) is 22.3 Å². The highest BCUT2D eigenvalue weighted by Gasteiger charge is 2.39. The van der Waals surface area contributed by atoms with E-state index < -0.39 is 0 Å². The summed E-state index contributed by atoms with van der Waals surface area (Å²) in [6.07, 6.45) is 4.24. The van der Waals surface area contributed by atoms with Gasteiger partial charge in [-0.2, -0.15) is 0 Å². The van der Waals surface area contributed by atoms with Gasteiger partial charge in [0, 0.05) is 17.5 Å². The molecule has 154 valence electrons. The van der Waals surface area contributed by atoms with E-state index in [1.54, 1.807) is 28.4 Å². The van der Waals surface area contributed by atoms with E-state index in [2.05, 4.69) is 30.5 Å². The predicted molar refractivity (Wildman–Crippen MR) is 116 cm³/mol. The van der Waals surface area contributed by atoms with Gasteiger partial charge in [-0.25, -0.2) is 0 Å². The number of amides is 2. The Morgan fingerprint density at radius 3 is 2.70 bits per heavy atom. The van der Waals surface area contributed by atoms with Crippen LogP contribution in [0.2, 0.25) is 0 Å². The van der Waals surface area contributed by atoms with Crippen molar-refractivity contribution in [2.45, 2.75) is 38.3 Å². The molecule has 2 aromatic heterocycles. The summed E-state index contributed by atoms with van der Waals surface area (Å²) in [6, 6.07) is 13.8. The van der Waals surface area contributed by atoms with E-state index in [-0.39, 0.29) is 30.4 Å². The summed E-state index contributed by atoms with van der Waals surface area (Å²) in [4.78, 5) is 31.5. The third-order valence-electron chi connectivity index (χ3n) is 6.06. The van der Waals surface area contributed by atoms with Crippen molar-refractivity contribution in [1.82, 2.24) is 9.80 Å². The second-order valence-electron chi connectivity index (χ2n) is 8.04. The molecule has 0 bridgehead atoms. The molecule has 1 fully saturated rings. The molecule has 1 aliphatic carbocycles. The molecule has 5 rings (SSSR count). The van der Waals surface area contributed by atoms with Crippen LogP contribution in [0.25, 0.3) is 0 Å². The Bertz CT molecular complexity index is 1070. The summed E-state index contributed by atoms with van der Waals surface area (Å²) in [5.41, 5.74) is 3.54. The molecule has 2 aliphatic rings. The minimum Gasteiger partial charge on any atom is -0.459 e. The first-order chi connectivity index (χ1) is 14.6. The third-order valence-corrected chi connectivity index (χ3v) is 7.05. The summed E-state index contributed by atoms with van der Waals surface area (Å²) in [6.45, 7) is 2.85. The van der Waals surface area contributed by atoms with E-state index in [4.69, 9.17) is 4.42 Å². The van der Waals surface area contributed by atoms with Gasteiger partial charge in [0.25, 0.3) is 5.91 Å². The van der Waals surface area contributed by atoms with Crippen LogP contribution in [-0.2, 0) is 11.2 Å². The maximum atomic E-state index is 13.5. The maximum Gasteiger partial charge on any atom is 0.290 e. The van der Waals surface area contributed by atoms with Gasteiger partial charge in [0.15, 0.2) is 5.76 Å². The number of furan rings is 1. The van der Waals surface area contributed by atoms with Crippen molar-refractivity contribution in [1.29, 1.82) is 0 Å². The number of fused-ring (bicyclic) bond motifs is 1. The zero-order valence-electron chi connectivity index (χ0n) is 16.9. The SMILES string of the molecule is Cc1ccccc1[C@H]1c2ccsc2CCN1C(=O)CN(C(=O)c1ccco1)C1CC1. The van der Waals surface area contributed by atoms with Crippen LogP contribution in [0.15, 0.2) is 58.5 Å². The molecular weight excluding hydrogens is 396 g/mol. The number of benzene rings is 1. The molecule has 1 aliphatic heterocycles. The molecule has 0 spiro atoms. The largest absolute Gasteiger partial charge is 0.459 e. The molecule has 3 aromatic rings. The first-order valence-electron chi connectivity index (χ1n) is 10.4. The van der Waals surface area contributed by atoms with Crippen molar-refractivity contribution in [3.63, 3.8) is 0 Å². The number of carbonyl (C=O) groups is 2. The Morgan fingerprint density at radius 1 is 1.13 bits per heavy atom. The molecular formula is C24H24N2O3S. The van der Waals surface area contributed by atoms with Gasteiger partial charge < -0.3 is 14.2 Å². The van der Waals surface area contributed by atoms with Gasteiger partial charge >= 0.3 is 0 Å². The summed E-state index contributed by atoms with van der Waals surface area (Å²) in [5.74, 6) is 0.0901. The Labute approximate surface area is 179 Å². The molecule has 0 saturated heterocycles. The van der Waals surface area contributed by atoms with E-state index in [0.29, 0.717) is 12.3 Å². The van der Waals surface area contributed by atoms with Crippen molar-refractivity contribution in [2.24, 2.45) is 0 Å². The number of hydrogen-bond acceptors (Lipinski definition) is 4. The third kappa shape index (κ3) is 3.45. The average Bonchev–Trinajstić information content (AvgIpc) is 3.24. The van der Waals surface area contributed by atoms with E-state index >= 15 is 0 Å². The fourth-order valence-corrected chi connectivity index (χ4v) is 5.25. The van der Waals surface area contributed by atoms with Crippen LogP contribution >= 0.6 is 11.3 Å². The zero-order valence-corrected chi connectivity index (χ0v) is 17.7. The summed E-state index contributed by atoms with van der Waals surface area (Å²) >= 11 is 1.76. The first-order valence-corrected chi connectivity index (χ1v) is 11.3. The Hall–Kier alpha value is -2.86. The van der Waals surface area contributed by atoms with Crippen molar-refractivity contribution in [2.75, 3.05) is 13.1 Å². The normalized spacial score (nSPS) is 18.2. The van der Waals surface area contributed by atoms with Gasteiger partial charge in [-0.3, -0.25) is 9.59 Å². The highest BCUT2D eigenvalue weighted by atomic mass is 32.1. The van der Waals surface area contributed by atoms with Crippen LogP contribution in [-0.4, -0.2) is 40.7 Å². The Kier molecular flexibility index (Phi) is 4.95. The fraction of sp³-hybridized carbons (Fsp3) is 0.333. The number of rotatable bonds is 5. The lowest BCUT2D eigenvalue weighted by Crippen LogP contribution is -2.47. The molecule has 0 radical (unpaired) electrons. The molecule has 3 heterocycles. The first kappa shape index (κ1) is 19.1. The molecule has 1 saturated carbocycles. The summed E-state index contributed by atoms with van der Waals surface area (Å²) < 4.78 is 5.31. The van der Waals surface area contributed by atoms with E-state index in [0.717, 1.165) is 24.8 Å². The van der Waals surface area contributed by atoms with Gasteiger partial charge in [-0.15, -0.1) is 11.3 Å². The minimum atomic E-state index is -0.198. The lowest BCUT2D eigenvalue weighted by Gasteiger charge is -2.38. The van der Waals surface area contributed by atoms with Crippen molar-refractivity contribution in [3.8, 4) is 0 Å². The quantitative estimate of drug-likeness (QED) is 0.614. The second-order valence-corrected chi connectivity index (χ2v) is 9.04. The van der Waals surface area contributed by atoms with Gasteiger partial charge in [0.2, 0.25) is 5.91 Å². The lowest BCUT2D eigenvalue weighted by molar-refractivity contribution is -0.134. The molecule has 5 nitrogen and oxygen atoms in total. The topological polar surface area (TPSA) is 53.8 Å². The highest BCUT2D eigenvalue weighted by Crippen LogP contribution is 2.39. The summed E-state index contributed by atoms with van der Waals surface area (Å²) in [5, 5.41) is 2.11. The molecule has 0 N–H and O–H groups in total. The number of hydrogen-bond donors (Lipinski definition) is 0. The number of nitrogens with zero attached hydrogens (tertiary/aromatic N) is 2. The van der Waals surface area contributed by atoms with Crippen LogP contribution in [0.1, 0.15) is 51.0 Å². The zero-order chi connectivity index (χ0) is 20.7. The van der Waals surface area contributed by atoms with Crippen LogP contribution in [0, 0.1) is 6.92 Å². The molecule has 6 heteroatoms. The average molecular weight is 421 g/mol. The molecule has 0 unspecified atom stereocenters. The second kappa shape index (κ2) is 7.76. The van der Waals surface area contributed by atoms with E-state index in [1.807, 2.05) is 17.0 Å². The van der Waals surface area contributed by atoms with Crippen molar-refractivity contribution < 1.29 is 14.0 Å². The Balaban J connectivity index is 1.45. The number of thiophene rings is 1. The predicted octanol–water partition coefficient (Wildman–Crippen LogP) is 4.43. The van der Waals surface area contributed by atoms with Crippen LogP contribution in [0.5, 0.6) is 0 Å².